The van der Waals surface area contributed by atoms with E-state index >= 15 is 0 Å². The molecule has 0 aromatic carbocycles. The van der Waals surface area contributed by atoms with Crippen LogP contribution in [0.1, 0.15) is 5.56 Å². The maximum absolute atomic E-state index is 6.17. The van der Waals surface area contributed by atoms with Crippen molar-refractivity contribution in [2.24, 2.45) is 0 Å². The van der Waals surface area contributed by atoms with Crippen LogP contribution in [0.2, 0.25) is 10.2 Å². The van der Waals surface area contributed by atoms with Gasteiger partial charge in [0.1, 0.15) is 5.15 Å². The van der Waals surface area contributed by atoms with Crippen molar-refractivity contribution in [2.75, 3.05) is 39.3 Å². The van der Waals surface area contributed by atoms with E-state index in [-0.39, 0.29) is 0 Å². The smallest absolute Gasteiger partial charge is 0.130 e. The molecule has 6 heteroatoms. The van der Waals surface area contributed by atoms with Gasteiger partial charge in [-0.05, 0) is 6.07 Å². The summed E-state index contributed by atoms with van der Waals surface area (Å²) in [6.07, 6.45) is 1.78. The molecule has 0 radical (unpaired) electrons. The Kier molecular flexibility index (Phi) is 4.24. The first-order chi connectivity index (χ1) is 9.22. The molecule has 0 spiro atoms. The number of piperazine rings is 1. The molecule has 0 amide bonds. The zero-order valence-electron chi connectivity index (χ0n) is 10.8. The van der Waals surface area contributed by atoms with Crippen molar-refractivity contribution in [2.45, 2.75) is 12.6 Å². The summed E-state index contributed by atoms with van der Waals surface area (Å²) in [5.74, 6) is 0. The number of rotatable bonds is 3. The molecule has 2 aliphatic heterocycles. The highest BCUT2D eigenvalue weighted by Gasteiger charge is 2.32. The number of likely N-dealkylation sites (tertiary alicyclic amines) is 1. The third-order valence-electron chi connectivity index (χ3n) is 3.90. The average molecular weight is 301 g/mol. The van der Waals surface area contributed by atoms with E-state index in [1.807, 2.05) is 0 Å². The van der Waals surface area contributed by atoms with Crippen LogP contribution in [-0.4, -0.2) is 60.1 Å². The Bertz CT molecular complexity index is 442. The van der Waals surface area contributed by atoms with E-state index in [9.17, 15) is 0 Å². The first kappa shape index (κ1) is 13.6. The van der Waals surface area contributed by atoms with Crippen LogP contribution in [0.3, 0.4) is 0 Å². The molecule has 19 heavy (non-hydrogen) atoms. The van der Waals surface area contributed by atoms with Crippen LogP contribution >= 0.6 is 23.2 Å². The maximum atomic E-state index is 6.17. The molecule has 104 valence electrons. The highest BCUT2D eigenvalue weighted by molar-refractivity contribution is 6.34. The minimum Gasteiger partial charge on any atom is -0.314 e. The van der Waals surface area contributed by atoms with Gasteiger partial charge in [0.05, 0.1) is 0 Å². The molecule has 2 aliphatic rings. The molecule has 0 bridgehead atoms. The van der Waals surface area contributed by atoms with Gasteiger partial charge in [-0.3, -0.25) is 9.80 Å². The lowest BCUT2D eigenvalue weighted by Crippen LogP contribution is -2.62. The molecule has 4 nitrogen and oxygen atoms in total. The first-order valence-corrected chi connectivity index (χ1v) is 7.45. The second-order valence-electron chi connectivity index (χ2n) is 5.23. The molecule has 0 saturated carbocycles. The van der Waals surface area contributed by atoms with E-state index in [1.165, 1.54) is 13.1 Å². The first-order valence-electron chi connectivity index (χ1n) is 6.69. The topological polar surface area (TPSA) is 31.4 Å². The Morgan fingerprint density at radius 2 is 2.00 bits per heavy atom. The third-order valence-corrected chi connectivity index (χ3v) is 4.45. The van der Waals surface area contributed by atoms with Crippen molar-refractivity contribution >= 4 is 23.2 Å². The van der Waals surface area contributed by atoms with Crippen LogP contribution in [0.4, 0.5) is 0 Å². The van der Waals surface area contributed by atoms with Crippen molar-refractivity contribution in [3.63, 3.8) is 0 Å². The van der Waals surface area contributed by atoms with E-state index in [1.54, 1.807) is 12.3 Å². The Labute approximate surface area is 123 Å². The molecule has 1 N–H and O–H groups in total. The van der Waals surface area contributed by atoms with E-state index in [2.05, 4.69) is 20.1 Å². The molecule has 0 unspecified atom stereocenters. The lowest BCUT2D eigenvalue weighted by atomic mass is 10.1. The molecular weight excluding hydrogens is 283 g/mol. The van der Waals surface area contributed by atoms with Crippen LogP contribution in [0.15, 0.2) is 12.3 Å². The molecule has 1 aromatic heterocycles. The summed E-state index contributed by atoms with van der Waals surface area (Å²) in [6, 6.07) is 2.42. The Balaban J connectivity index is 1.50. The molecule has 0 atom stereocenters. The van der Waals surface area contributed by atoms with Gasteiger partial charge >= 0.3 is 0 Å². The summed E-state index contributed by atoms with van der Waals surface area (Å²) in [7, 11) is 0. The standard InChI is InChI=1S/C13H18Cl2N4/c14-12-5-13(15)17-6-10(12)7-18-8-11(9-18)19-3-1-16-2-4-19/h5-6,11,16H,1-4,7-9H2. The number of halogens is 2. The SMILES string of the molecule is Clc1cc(Cl)c(CN2CC(N3CCNCC3)C2)cn1. The van der Waals surface area contributed by atoms with Crippen LogP contribution in [0.25, 0.3) is 0 Å². The Morgan fingerprint density at radius 3 is 2.68 bits per heavy atom. The molecule has 3 rings (SSSR count). The number of nitrogens with zero attached hydrogens (tertiary/aromatic N) is 3. The minimum absolute atomic E-state index is 0.455. The van der Waals surface area contributed by atoms with Crippen molar-refractivity contribution < 1.29 is 0 Å². The number of hydrogen-bond acceptors (Lipinski definition) is 4. The van der Waals surface area contributed by atoms with E-state index in [0.717, 1.165) is 38.3 Å². The van der Waals surface area contributed by atoms with E-state index in [0.29, 0.717) is 16.2 Å². The molecule has 2 saturated heterocycles. The van der Waals surface area contributed by atoms with Crippen molar-refractivity contribution in [1.82, 2.24) is 20.1 Å². The van der Waals surface area contributed by atoms with Gasteiger partial charge in [-0.2, -0.15) is 0 Å². The van der Waals surface area contributed by atoms with Gasteiger partial charge < -0.3 is 5.32 Å². The lowest BCUT2D eigenvalue weighted by molar-refractivity contribution is 0.0223. The average Bonchev–Trinajstić information content (AvgIpc) is 2.36. The predicted octanol–water partition coefficient (Wildman–Crippen LogP) is 1.48. The van der Waals surface area contributed by atoms with Gasteiger partial charge in [0.15, 0.2) is 0 Å². The lowest BCUT2D eigenvalue weighted by Gasteiger charge is -2.46. The second-order valence-corrected chi connectivity index (χ2v) is 6.03. The quantitative estimate of drug-likeness (QED) is 0.857. The zero-order chi connectivity index (χ0) is 13.2. The van der Waals surface area contributed by atoms with Gasteiger partial charge in [-0.1, -0.05) is 23.2 Å². The summed E-state index contributed by atoms with van der Waals surface area (Å²) >= 11 is 12.0. The van der Waals surface area contributed by atoms with Crippen molar-refractivity contribution in [3.8, 4) is 0 Å². The van der Waals surface area contributed by atoms with Gasteiger partial charge in [0, 0.05) is 68.6 Å². The molecular formula is C13H18Cl2N4. The number of pyridine rings is 1. The zero-order valence-corrected chi connectivity index (χ0v) is 12.3. The number of aromatic nitrogens is 1. The van der Waals surface area contributed by atoms with Crippen molar-refractivity contribution in [1.29, 1.82) is 0 Å². The predicted molar refractivity (Wildman–Crippen MR) is 77.8 cm³/mol. The van der Waals surface area contributed by atoms with Crippen molar-refractivity contribution in [3.05, 3.63) is 28.0 Å². The van der Waals surface area contributed by atoms with Crippen LogP contribution in [0, 0.1) is 0 Å². The Hall–Kier alpha value is -0.390. The van der Waals surface area contributed by atoms with Gasteiger partial charge in [-0.25, -0.2) is 4.98 Å². The fraction of sp³-hybridized carbons (Fsp3) is 0.615. The second kappa shape index (κ2) is 5.94. The molecule has 3 heterocycles. The van der Waals surface area contributed by atoms with Crippen LogP contribution in [-0.2, 0) is 6.54 Å². The highest BCUT2D eigenvalue weighted by atomic mass is 35.5. The summed E-state index contributed by atoms with van der Waals surface area (Å²) in [5.41, 5.74) is 1.06. The van der Waals surface area contributed by atoms with E-state index < -0.39 is 0 Å². The summed E-state index contributed by atoms with van der Waals surface area (Å²) in [5, 5.41) is 4.56. The third kappa shape index (κ3) is 3.20. The fourth-order valence-electron chi connectivity index (χ4n) is 2.74. The Morgan fingerprint density at radius 1 is 1.26 bits per heavy atom. The van der Waals surface area contributed by atoms with Gasteiger partial charge in [0.2, 0.25) is 0 Å². The fourth-order valence-corrected chi connectivity index (χ4v) is 3.17. The normalized spacial score (nSPS) is 22.4. The summed E-state index contributed by atoms with van der Waals surface area (Å²) in [6.45, 7) is 7.68. The minimum atomic E-state index is 0.455. The van der Waals surface area contributed by atoms with E-state index in [4.69, 9.17) is 23.2 Å². The maximum Gasteiger partial charge on any atom is 0.130 e. The highest BCUT2D eigenvalue weighted by Crippen LogP contribution is 2.23. The summed E-state index contributed by atoms with van der Waals surface area (Å²) in [4.78, 5) is 9.08. The molecule has 0 aliphatic carbocycles. The van der Waals surface area contributed by atoms with Crippen LogP contribution in [0.5, 0.6) is 0 Å². The number of nitrogens with one attached hydrogen (secondary N) is 1. The number of hydrogen-bond donors (Lipinski definition) is 1. The largest absolute Gasteiger partial charge is 0.314 e. The molecule has 1 aromatic rings. The molecule has 2 fully saturated rings. The summed E-state index contributed by atoms with van der Waals surface area (Å²) < 4.78 is 0. The van der Waals surface area contributed by atoms with Gasteiger partial charge in [-0.15, -0.1) is 0 Å². The monoisotopic (exact) mass is 300 g/mol. The van der Waals surface area contributed by atoms with Crippen LogP contribution < -0.4 is 5.32 Å². The van der Waals surface area contributed by atoms with Gasteiger partial charge in [0.25, 0.3) is 0 Å².